The molecule has 0 spiro atoms. The SMILES string of the molecule is COc1cc(C)ccc1OCC(=O)NCC1(c2ccccc2)CCC1. The van der Waals surface area contributed by atoms with Gasteiger partial charge in [0.25, 0.3) is 5.91 Å². The number of benzene rings is 2. The van der Waals surface area contributed by atoms with E-state index in [-0.39, 0.29) is 17.9 Å². The van der Waals surface area contributed by atoms with E-state index in [4.69, 9.17) is 9.47 Å². The predicted molar refractivity (Wildman–Crippen MR) is 98.2 cm³/mol. The number of carbonyl (C=O) groups excluding carboxylic acids is 1. The van der Waals surface area contributed by atoms with Gasteiger partial charge in [0, 0.05) is 12.0 Å². The molecule has 0 unspecified atom stereocenters. The van der Waals surface area contributed by atoms with Crippen LogP contribution in [0.3, 0.4) is 0 Å². The molecule has 3 rings (SSSR count). The number of carbonyl (C=O) groups is 1. The van der Waals surface area contributed by atoms with Gasteiger partial charge >= 0.3 is 0 Å². The van der Waals surface area contributed by atoms with E-state index in [1.54, 1.807) is 7.11 Å². The number of methoxy groups -OCH3 is 1. The Morgan fingerprint density at radius 3 is 2.52 bits per heavy atom. The molecule has 25 heavy (non-hydrogen) atoms. The van der Waals surface area contributed by atoms with Gasteiger partial charge in [0.15, 0.2) is 18.1 Å². The van der Waals surface area contributed by atoms with Gasteiger partial charge in [-0.2, -0.15) is 0 Å². The summed E-state index contributed by atoms with van der Waals surface area (Å²) in [5.41, 5.74) is 2.48. The van der Waals surface area contributed by atoms with Crippen LogP contribution in [0.25, 0.3) is 0 Å². The molecular formula is C21H25NO3. The van der Waals surface area contributed by atoms with Crippen molar-refractivity contribution in [2.24, 2.45) is 0 Å². The maximum absolute atomic E-state index is 12.2. The van der Waals surface area contributed by atoms with Crippen LogP contribution in [0.5, 0.6) is 11.5 Å². The summed E-state index contributed by atoms with van der Waals surface area (Å²) in [5, 5.41) is 3.04. The molecule has 0 radical (unpaired) electrons. The third-order valence-corrected chi connectivity index (χ3v) is 5.00. The van der Waals surface area contributed by atoms with Gasteiger partial charge in [0.2, 0.25) is 0 Å². The smallest absolute Gasteiger partial charge is 0.257 e. The van der Waals surface area contributed by atoms with E-state index in [1.165, 1.54) is 12.0 Å². The van der Waals surface area contributed by atoms with Crippen molar-refractivity contribution in [3.63, 3.8) is 0 Å². The van der Waals surface area contributed by atoms with E-state index in [9.17, 15) is 4.79 Å². The molecule has 2 aromatic rings. The standard InChI is InChI=1S/C21H25NO3/c1-16-9-10-18(19(13-16)24-2)25-14-20(23)22-15-21(11-6-12-21)17-7-4-3-5-8-17/h3-5,7-10,13H,6,11-12,14-15H2,1-2H3,(H,22,23). The molecule has 0 saturated heterocycles. The first-order valence-corrected chi connectivity index (χ1v) is 8.73. The molecule has 0 heterocycles. The van der Waals surface area contributed by atoms with Crippen LogP contribution >= 0.6 is 0 Å². The van der Waals surface area contributed by atoms with Gasteiger partial charge in [-0.15, -0.1) is 0 Å². The lowest BCUT2D eigenvalue weighted by Crippen LogP contribution is -2.46. The lowest BCUT2D eigenvalue weighted by molar-refractivity contribution is -0.123. The zero-order valence-corrected chi connectivity index (χ0v) is 14.9. The van der Waals surface area contributed by atoms with Gasteiger partial charge in [-0.05, 0) is 43.0 Å². The molecule has 0 bridgehead atoms. The zero-order chi connectivity index (χ0) is 17.7. The van der Waals surface area contributed by atoms with Crippen molar-refractivity contribution in [2.45, 2.75) is 31.6 Å². The fraction of sp³-hybridized carbons (Fsp3) is 0.381. The highest BCUT2D eigenvalue weighted by atomic mass is 16.5. The van der Waals surface area contributed by atoms with Crippen LogP contribution in [0.2, 0.25) is 0 Å². The fourth-order valence-electron chi connectivity index (χ4n) is 3.32. The summed E-state index contributed by atoms with van der Waals surface area (Å²) in [6.07, 6.45) is 3.44. The quantitative estimate of drug-likeness (QED) is 0.838. The molecule has 1 aliphatic carbocycles. The van der Waals surface area contributed by atoms with E-state index in [1.807, 2.05) is 31.2 Å². The van der Waals surface area contributed by atoms with E-state index in [2.05, 4.69) is 29.6 Å². The second-order valence-electron chi connectivity index (χ2n) is 6.72. The molecule has 1 aliphatic rings. The summed E-state index contributed by atoms with van der Waals surface area (Å²) in [6.45, 7) is 2.63. The average Bonchev–Trinajstić information content (AvgIpc) is 2.60. The van der Waals surface area contributed by atoms with Crippen LogP contribution in [0.15, 0.2) is 48.5 Å². The molecule has 1 N–H and O–H groups in total. The van der Waals surface area contributed by atoms with Crippen molar-refractivity contribution in [2.75, 3.05) is 20.3 Å². The number of nitrogens with one attached hydrogen (secondary N) is 1. The van der Waals surface area contributed by atoms with E-state index >= 15 is 0 Å². The van der Waals surface area contributed by atoms with Crippen LogP contribution in [0, 0.1) is 6.92 Å². The van der Waals surface area contributed by atoms with Crippen LogP contribution in [-0.4, -0.2) is 26.2 Å². The number of amides is 1. The summed E-state index contributed by atoms with van der Waals surface area (Å²) >= 11 is 0. The number of hydrogen-bond donors (Lipinski definition) is 1. The zero-order valence-electron chi connectivity index (χ0n) is 14.9. The Kier molecular flexibility index (Phi) is 5.27. The Labute approximate surface area is 149 Å². The second kappa shape index (κ2) is 7.60. The van der Waals surface area contributed by atoms with Crippen molar-refractivity contribution < 1.29 is 14.3 Å². The van der Waals surface area contributed by atoms with Crippen LogP contribution in [0.4, 0.5) is 0 Å². The molecule has 4 heteroatoms. The van der Waals surface area contributed by atoms with E-state index < -0.39 is 0 Å². The molecule has 1 fully saturated rings. The summed E-state index contributed by atoms with van der Waals surface area (Å²) in [7, 11) is 1.60. The van der Waals surface area contributed by atoms with E-state index in [0.717, 1.165) is 18.4 Å². The lowest BCUT2D eigenvalue weighted by atomic mass is 9.64. The topological polar surface area (TPSA) is 47.6 Å². The molecule has 2 aromatic carbocycles. The maximum atomic E-state index is 12.2. The van der Waals surface area contributed by atoms with Gasteiger partial charge in [0.05, 0.1) is 7.11 Å². The minimum absolute atomic E-state index is 0.00963. The Morgan fingerprint density at radius 2 is 1.88 bits per heavy atom. The monoisotopic (exact) mass is 339 g/mol. The second-order valence-corrected chi connectivity index (χ2v) is 6.72. The summed E-state index contributed by atoms with van der Waals surface area (Å²) < 4.78 is 10.9. The predicted octanol–water partition coefficient (Wildman–Crippen LogP) is 3.62. The van der Waals surface area contributed by atoms with Crippen LogP contribution in [0.1, 0.15) is 30.4 Å². The summed E-state index contributed by atoms with van der Waals surface area (Å²) in [5.74, 6) is 1.13. The average molecular weight is 339 g/mol. The highest BCUT2D eigenvalue weighted by Gasteiger charge is 2.38. The molecule has 1 saturated carbocycles. The first kappa shape index (κ1) is 17.3. The Balaban J connectivity index is 1.55. The Hall–Kier alpha value is -2.49. The first-order valence-electron chi connectivity index (χ1n) is 8.73. The molecule has 4 nitrogen and oxygen atoms in total. The first-order chi connectivity index (χ1) is 12.1. The minimum atomic E-state index is -0.107. The third kappa shape index (κ3) is 3.95. The number of ether oxygens (including phenoxy) is 2. The lowest BCUT2D eigenvalue weighted by Gasteiger charge is -2.42. The number of hydrogen-bond acceptors (Lipinski definition) is 3. The number of rotatable bonds is 7. The summed E-state index contributed by atoms with van der Waals surface area (Å²) in [6, 6.07) is 16.1. The largest absolute Gasteiger partial charge is 0.493 e. The van der Waals surface area contributed by atoms with Crippen molar-refractivity contribution in [1.29, 1.82) is 0 Å². The van der Waals surface area contributed by atoms with Crippen molar-refractivity contribution >= 4 is 5.91 Å². The maximum Gasteiger partial charge on any atom is 0.257 e. The minimum Gasteiger partial charge on any atom is -0.493 e. The van der Waals surface area contributed by atoms with Crippen LogP contribution in [-0.2, 0) is 10.2 Å². The molecule has 0 aliphatic heterocycles. The highest BCUT2D eigenvalue weighted by molar-refractivity contribution is 5.77. The van der Waals surface area contributed by atoms with Gasteiger partial charge < -0.3 is 14.8 Å². The molecule has 0 atom stereocenters. The number of aryl methyl sites for hydroxylation is 1. The molecule has 1 amide bonds. The summed E-state index contributed by atoms with van der Waals surface area (Å²) in [4.78, 5) is 12.2. The van der Waals surface area contributed by atoms with Gasteiger partial charge in [-0.1, -0.05) is 42.8 Å². The molecular weight excluding hydrogens is 314 g/mol. The Morgan fingerprint density at radius 1 is 1.12 bits per heavy atom. The van der Waals surface area contributed by atoms with Crippen molar-refractivity contribution in [3.8, 4) is 11.5 Å². The van der Waals surface area contributed by atoms with Crippen molar-refractivity contribution in [1.82, 2.24) is 5.32 Å². The molecule has 132 valence electrons. The van der Waals surface area contributed by atoms with Gasteiger partial charge in [-0.3, -0.25) is 4.79 Å². The molecule has 0 aromatic heterocycles. The van der Waals surface area contributed by atoms with Gasteiger partial charge in [0.1, 0.15) is 0 Å². The highest BCUT2D eigenvalue weighted by Crippen LogP contribution is 2.43. The normalized spacial score (nSPS) is 15.1. The van der Waals surface area contributed by atoms with Crippen LogP contribution < -0.4 is 14.8 Å². The van der Waals surface area contributed by atoms with Crippen molar-refractivity contribution in [3.05, 3.63) is 59.7 Å². The van der Waals surface area contributed by atoms with Gasteiger partial charge in [-0.25, -0.2) is 0 Å². The fourth-order valence-corrected chi connectivity index (χ4v) is 3.32. The van der Waals surface area contributed by atoms with E-state index in [0.29, 0.717) is 18.0 Å². The third-order valence-electron chi connectivity index (χ3n) is 5.00. The Bertz CT molecular complexity index is 723.